The second kappa shape index (κ2) is 10.0. The van der Waals surface area contributed by atoms with Gasteiger partial charge in [0, 0.05) is 48.2 Å². The zero-order valence-electron chi connectivity index (χ0n) is 17.1. The lowest BCUT2D eigenvalue weighted by Gasteiger charge is -2.13. The molecular formula is C21H18ClF3N4O3S. The van der Waals surface area contributed by atoms with E-state index >= 15 is 0 Å². The van der Waals surface area contributed by atoms with E-state index in [0.717, 1.165) is 18.8 Å². The molecule has 33 heavy (non-hydrogen) atoms. The van der Waals surface area contributed by atoms with Crippen LogP contribution in [0.1, 0.15) is 28.2 Å². The summed E-state index contributed by atoms with van der Waals surface area (Å²) < 4.78 is 49.6. The predicted octanol–water partition coefficient (Wildman–Crippen LogP) is 4.62. The maximum absolute atomic E-state index is 12.8. The molecule has 1 N–H and O–H groups in total. The fraction of sp³-hybridized carbons (Fsp3) is 0.333. The Labute approximate surface area is 195 Å². The summed E-state index contributed by atoms with van der Waals surface area (Å²) in [7, 11) is 0. The topological polar surface area (TPSA) is 86.2 Å². The minimum Gasteiger partial charge on any atom is -0.493 e. The highest BCUT2D eigenvalue weighted by molar-refractivity contribution is 7.18. The van der Waals surface area contributed by atoms with Gasteiger partial charge in [0.2, 0.25) is 5.82 Å². The number of rotatable bonds is 7. The van der Waals surface area contributed by atoms with Crippen molar-refractivity contribution in [3.05, 3.63) is 58.1 Å². The van der Waals surface area contributed by atoms with Gasteiger partial charge in [-0.2, -0.15) is 13.2 Å². The summed E-state index contributed by atoms with van der Waals surface area (Å²) in [6.45, 7) is 1.74. The number of nitrogens with one attached hydrogen (secondary N) is 1. The number of hydrogen-bond acceptors (Lipinski definition) is 7. The van der Waals surface area contributed by atoms with E-state index in [2.05, 4.69) is 20.3 Å². The highest BCUT2D eigenvalue weighted by atomic mass is 35.5. The van der Waals surface area contributed by atoms with Crippen LogP contribution in [0.15, 0.2) is 36.8 Å². The Hall–Kier alpha value is -2.76. The molecule has 3 heterocycles. The van der Waals surface area contributed by atoms with Gasteiger partial charge in [-0.1, -0.05) is 11.6 Å². The van der Waals surface area contributed by atoms with Gasteiger partial charge in [-0.3, -0.25) is 4.79 Å². The van der Waals surface area contributed by atoms with Crippen LogP contribution < -0.4 is 10.1 Å². The highest BCUT2D eigenvalue weighted by Gasteiger charge is 2.34. The minimum absolute atomic E-state index is 0.0418. The summed E-state index contributed by atoms with van der Waals surface area (Å²) in [5.41, 5.74) is 1.30. The molecule has 0 saturated carbocycles. The van der Waals surface area contributed by atoms with Gasteiger partial charge in [0.25, 0.3) is 5.91 Å². The van der Waals surface area contributed by atoms with Crippen molar-refractivity contribution >= 4 is 28.8 Å². The lowest BCUT2D eigenvalue weighted by atomic mass is 10.1. The van der Waals surface area contributed by atoms with Crippen LogP contribution in [0.4, 0.5) is 13.2 Å². The van der Waals surface area contributed by atoms with Gasteiger partial charge in [0.15, 0.2) is 0 Å². The SMILES string of the molecule is O=C(NCc1cnc(C(F)(F)F)nc1)c1cc(OCC2CCOC2)cc(-c2ncc(Cl)s2)c1. The highest BCUT2D eigenvalue weighted by Crippen LogP contribution is 2.32. The molecule has 1 aliphatic rings. The Balaban J connectivity index is 1.49. The Morgan fingerprint density at radius 1 is 1.21 bits per heavy atom. The average molecular weight is 499 g/mol. The molecule has 174 valence electrons. The van der Waals surface area contributed by atoms with E-state index in [4.69, 9.17) is 21.1 Å². The normalized spacial score (nSPS) is 16.1. The molecule has 0 bridgehead atoms. The number of halogens is 4. The van der Waals surface area contributed by atoms with E-state index < -0.39 is 17.9 Å². The van der Waals surface area contributed by atoms with E-state index in [1.54, 1.807) is 18.2 Å². The second-order valence-corrected chi connectivity index (χ2v) is 9.01. The number of carbonyl (C=O) groups excluding carboxylic acids is 1. The maximum Gasteiger partial charge on any atom is 0.451 e. The molecule has 7 nitrogen and oxygen atoms in total. The molecule has 2 aromatic heterocycles. The van der Waals surface area contributed by atoms with Crippen LogP contribution in [0.25, 0.3) is 10.6 Å². The predicted molar refractivity (Wildman–Crippen MR) is 115 cm³/mol. The molecule has 1 aliphatic heterocycles. The third-order valence-electron chi connectivity index (χ3n) is 4.81. The third-order valence-corrected chi connectivity index (χ3v) is 5.98. The number of carbonyl (C=O) groups is 1. The number of thiazole rings is 1. The van der Waals surface area contributed by atoms with Gasteiger partial charge in [0.05, 0.1) is 19.4 Å². The van der Waals surface area contributed by atoms with E-state index in [1.165, 1.54) is 17.5 Å². The van der Waals surface area contributed by atoms with Crippen molar-refractivity contribution in [2.75, 3.05) is 19.8 Å². The minimum atomic E-state index is -4.62. The lowest BCUT2D eigenvalue weighted by Crippen LogP contribution is -2.23. The first-order valence-electron chi connectivity index (χ1n) is 9.91. The molecule has 4 rings (SSSR count). The first kappa shape index (κ1) is 23.4. The van der Waals surface area contributed by atoms with E-state index in [-0.39, 0.29) is 12.5 Å². The standard InChI is InChI=1S/C21H18ClF3N4O3S/c22-17-9-27-19(33-17)15-3-14(4-16(5-15)32-11-12-1-2-31-10-12)18(30)26-6-13-7-28-20(29-8-13)21(23,24)25/h3-5,7-9,12H,1-2,6,10-11H2,(H,26,30). The Kier molecular flexibility index (Phi) is 7.11. The molecule has 0 radical (unpaired) electrons. The molecule has 0 aliphatic carbocycles. The molecule has 3 aromatic rings. The lowest BCUT2D eigenvalue weighted by molar-refractivity contribution is -0.145. The number of hydrogen-bond donors (Lipinski definition) is 1. The van der Waals surface area contributed by atoms with E-state index in [9.17, 15) is 18.0 Å². The Morgan fingerprint density at radius 2 is 2.00 bits per heavy atom. The quantitative estimate of drug-likeness (QED) is 0.511. The molecule has 1 atom stereocenters. The van der Waals surface area contributed by atoms with Crippen LogP contribution in [0, 0.1) is 5.92 Å². The van der Waals surface area contributed by atoms with E-state index in [1.807, 2.05) is 0 Å². The van der Waals surface area contributed by atoms with Crippen LogP contribution in [-0.2, 0) is 17.5 Å². The van der Waals surface area contributed by atoms with Crippen molar-refractivity contribution in [3.8, 4) is 16.3 Å². The Morgan fingerprint density at radius 3 is 2.64 bits per heavy atom. The summed E-state index contributed by atoms with van der Waals surface area (Å²) in [4.78, 5) is 23.6. The molecule has 1 aromatic carbocycles. The zero-order valence-corrected chi connectivity index (χ0v) is 18.6. The van der Waals surface area contributed by atoms with Gasteiger partial charge < -0.3 is 14.8 Å². The van der Waals surface area contributed by atoms with Crippen LogP contribution >= 0.6 is 22.9 Å². The summed E-state index contributed by atoms with van der Waals surface area (Å²) in [6.07, 6.45) is -0.133. The molecule has 0 spiro atoms. The van der Waals surface area contributed by atoms with Gasteiger partial charge in [0.1, 0.15) is 15.1 Å². The van der Waals surface area contributed by atoms with Crippen molar-refractivity contribution in [2.45, 2.75) is 19.1 Å². The number of benzene rings is 1. The number of nitrogens with zero attached hydrogens (tertiary/aromatic N) is 3. The van der Waals surface area contributed by atoms with Gasteiger partial charge in [-0.15, -0.1) is 11.3 Å². The molecule has 1 saturated heterocycles. The monoisotopic (exact) mass is 498 g/mol. The van der Waals surface area contributed by atoms with Gasteiger partial charge in [-0.25, -0.2) is 15.0 Å². The van der Waals surface area contributed by atoms with Crippen LogP contribution in [0.3, 0.4) is 0 Å². The van der Waals surface area contributed by atoms with E-state index in [0.29, 0.717) is 51.6 Å². The first-order valence-corrected chi connectivity index (χ1v) is 11.1. The summed E-state index contributed by atoms with van der Waals surface area (Å²) in [5.74, 6) is -0.899. The second-order valence-electron chi connectivity index (χ2n) is 7.35. The molecular weight excluding hydrogens is 481 g/mol. The number of aromatic nitrogens is 3. The van der Waals surface area contributed by atoms with Crippen molar-refractivity contribution in [1.29, 1.82) is 0 Å². The molecule has 12 heteroatoms. The van der Waals surface area contributed by atoms with Crippen molar-refractivity contribution in [3.63, 3.8) is 0 Å². The summed E-state index contributed by atoms with van der Waals surface area (Å²) >= 11 is 7.27. The number of alkyl halides is 3. The largest absolute Gasteiger partial charge is 0.493 e. The van der Waals surface area contributed by atoms with Crippen LogP contribution in [0.2, 0.25) is 4.34 Å². The summed E-state index contributed by atoms with van der Waals surface area (Å²) in [6, 6.07) is 5.04. The fourth-order valence-corrected chi connectivity index (χ4v) is 4.03. The van der Waals surface area contributed by atoms with Crippen molar-refractivity contribution < 1.29 is 27.4 Å². The third kappa shape index (κ3) is 6.18. The molecule has 1 fully saturated rings. The molecule has 1 unspecified atom stereocenters. The smallest absolute Gasteiger partial charge is 0.451 e. The van der Waals surface area contributed by atoms with Crippen molar-refractivity contribution in [1.82, 2.24) is 20.3 Å². The molecule has 1 amide bonds. The zero-order chi connectivity index (χ0) is 23.4. The van der Waals surface area contributed by atoms with Crippen molar-refractivity contribution in [2.24, 2.45) is 5.92 Å². The van der Waals surface area contributed by atoms with Crippen LogP contribution in [-0.4, -0.2) is 40.7 Å². The average Bonchev–Trinajstić information content (AvgIpc) is 3.47. The Bertz CT molecular complexity index is 1120. The van der Waals surface area contributed by atoms with Crippen LogP contribution in [0.5, 0.6) is 5.75 Å². The fourth-order valence-electron chi connectivity index (χ4n) is 3.13. The first-order chi connectivity index (χ1) is 15.8. The summed E-state index contributed by atoms with van der Waals surface area (Å²) in [5, 5.41) is 3.29. The maximum atomic E-state index is 12.8. The van der Waals surface area contributed by atoms with Gasteiger partial charge in [-0.05, 0) is 24.6 Å². The van der Waals surface area contributed by atoms with Gasteiger partial charge >= 0.3 is 6.18 Å². The number of ether oxygens (including phenoxy) is 2. The number of amides is 1.